The maximum Gasteiger partial charge on any atom is 0.414 e. The van der Waals surface area contributed by atoms with E-state index >= 15 is 0 Å². The quantitative estimate of drug-likeness (QED) is 0.681. The molecule has 0 aliphatic carbocycles. The fraction of sp³-hybridized carbons (Fsp3) is 0.0952. The molecule has 2 N–H and O–H groups in total. The van der Waals surface area contributed by atoms with Gasteiger partial charge in [-0.1, -0.05) is 18.2 Å². The van der Waals surface area contributed by atoms with Crippen LogP contribution in [0.3, 0.4) is 0 Å². The zero-order valence-corrected chi connectivity index (χ0v) is 15.3. The number of amides is 2. The van der Waals surface area contributed by atoms with Crippen LogP contribution in [0.5, 0.6) is 0 Å². The Bertz CT molecular complexity index is 1070. The summed E-state index contributed by atoms with van der Waals surface area (Å²) in [5, 5.41) is 5.64. The highest BCUT2D eigenvalue weighted by Gasteiger charge is 2.24. The zero-order valence-electron chi connectivity index (χ0n) is 15.3. The average Bonchev–Trinajstić information content (AvgIpc) is 3.16. The third kappa shape index (κ3) is 4.01. The van der Waals surface area contributed by atoms with E-state index in [1.807, 2.05) is 0 Å². The molecule has 0 radical (unpaired) electrons. The Kier molecular flexibility index (Phi) is 5.07. The molecule has 4 rings (SSSR count). The molecule has 0 spiro atoms. The smallest absolute Gasteiger partial charge is 0.414 e. The van der Waals surface area contributed by atoms with Gasteiger partial charge in [-0.2, -0.15) is 0 Å². The molecule has 2 amide bonds. The highest BCUT2D eigenvalue weighted by atomic mass is 19.1. The van der Waals surface area contributed by atoms with E-state index in [2.05, 4.69) is 15.6 Å². The summed E-state index contributed by atoms with van der Waals surface area (Å²) in [4.78, 5) is 30.2. The number of aromatic nitrogens is 1. The minimum atomic E-state index is -0.449. The number of hydrogen-bond acceptors (Lipinski definition) is 5. The molecular formula is C21H17FN4O3. The predicted octanol–water partition coefficient (Wildman–Crippen LogP) is 4.17. The van der Waals surface area contributed by atoms with Gasteiger partial charge in [0.15, 0.2) is 0 Å². The largest absolute Gasteiger partial charge is 0.447 e. The molecule has 29 heavy (non-hydrogen) atoms. The number of halogens is 1. The molecule has 1 saturated heterocycles. The summed E-state index contributed by atoms with van der Waals surface area (Å²) in [6.07, 6.45) is 1.09. The molecule has 3 aromatic rings. The molecule has 1 aliphatic rings. The molecule has 1 aromatic heterocycles. The molecule has 0 unspecified atom stereocenters. The van der Waals surface area contributed by atoms with Crippen LogP contribution in [0.15, 0.2) is 66.9 Å². The van der Waals surface area contributed by atoms with E-state index in [1.165, 1.54) is 17.2 Å². The second kappa shape index (κ2) is 7.97. The van der Waals surface area contributed by atoms with Crippen molar-refractivity contribution >= 4 is 34.9 Å². The fourth-order valence-corrected chi connectivity index (χ4v) is 2.96. The van der Waals surface area contributed by atoms with E-state index in [4.69, 9.17) is 4.74 Å². The summed E-state index contributed by atoms with van der Waals surface area (Å²) in [6, 6.07) is 16.2. The van der Waals surface area contributed by atoms with Crippen molar-refractivity contribution in [3.8, 4) is 0 Å². The number of nitrogens with zero attached hydrogens (tertiary/aromatic N) is 2. The van der Waals surface area contributed by atoms with Gasteiger partial charge in [0.2, 0.25) is 0 Å². The number of carbonyl (C=O) groups excluding carboxylic acids is 2. The van der Waals surface area contributed by atoms with E-state index in [1.54, 1.807) is 54.6 Å². The number of pyridine rings is 1. The average molecular weight is 392 g/mol. The zero-order chi connectivity index (χ0) is 20.2. The van der Waals surface area contributed by atoms with Gasteiger partial charge in [0.1, 0.15) is 18.2 Å². The van der Waals surface area contributed by atoms with Crippen molar-refractivity contribution in [2.24, 2.45) is 0 Å². The summed E-state index contributed by atoms with van der Waals surface area (Å²) in [7, 11) is 0. The van der Waals surface area contributed by atoms with Crippen molar-refractivity contribution in [2.75, 3.05) is 28.7 Å². The molecule has 8 heteroatoms. The highest BCUT2D eigenvalue weighted by Crippen LogP contribution is 2.25. The maximum absolute atomic E-state index is 13.9. The standard InChI is InChI=1S/C21H17FN4O3/c22-17-8-1-2-9-18(17)25-19-16(7-4-10-23-19)20(27)24-14-5-3-6-15(13-14)26-11-12-29-21(26)28/h1-10,13H,11-12H2,(H,23,25)(H,24,27). The Morgan fingerprint density at radius 1 is 1.10 bits per heavy atom. The number of para-hydroxylation sites is 1. The minimum absolute atomic E-state index is 0.217. The van der Waals surface area contributed by atoms with Crippen molar-refractivity contribution in [1.29, 1.82) is 0 Å². The van der Waals surface area contributed by atoms with Gasteiger partial charge in [-0.15, -0.1) is 0 Å². The van der Waals surface area contributed by atoms with Gasteiger partial charge in [0.05, 0.1) is 17.8 Å². The monoisotopic (exact) mass is 392 g/mol. The van der Waals surface area contributed by atoms with E-state index in [9.17, 15) is 14.0 Å². The molecule has 1 aliphatic heterocycles. The summed E-state index contributed by atoms with van der Waals surface area (Å²) < 4.78 is 18.9. The van der Waals surface area contributed by atoms with Gasteiger partial charge in [-0.25, -0.2) is 14.2 Å². The lowest BCUT2D eigenvalue weighted by Gasteiger charge is -2.15. The van der Waals surface area contributed by atoms with Crippen LogP contribution in [-0.2, 0) is 4.74 Å². The van der Waals surface area contributed by atoms with E-state index < -0.39 is 17.8 Å². The first-order valence-electron chi connectivity index (χ1n) is 8.94. The summed E-state index contributed by atoms with van der Waals surface area (Å²) in [5.74, 6) is -0.637. The van der Waals surface area contributed by atoms with E-state index in [0.29, 0.717) is 24.5 Å². The lowest BCUT2D eigenvalue weighted by Crippen LogP contribution is -2.23. The maximum atomic E-state index is 13.9. The molecule has 2 heterocycles. The number of rotatable bonds is 5. The first-order chi connectivity index (χ1) is 14.1. The van der Waals surface area contributed by atoms with Gasteiger partial charge in [-0.05, 0) is 42.5 Å². The minimum Gasteiger partial charge on any atom is -0.447 e. The number of nitrogens with one attached hydrogen (secondary N) is 2. The van der Waals surface area contributed by atoms with E-state index in [-0.39, 0.29) is 17.1 Å². The second-order valence-electron chi connectivity index (χ2n) is 6.27. The molecule has 0 bridgehead atoms. The number of ether oxygens (including phenoxy) is 1. The van der Waals surface area contributed by atoms with E-state index in [0.717, 1.165) is 0 Å². The first kappa shape index (κ1) is 18.4. The van der Waals surface area contributed by atoms with Crippen LogP contribution in [0.1, 0.15) is 10.4 Å². The van der Waals surface area contributed by atoms with Gasteiger partial charge >= 0.3 is 6.09 Å². The number of hydrogen-bond donors (Lipinski definition) is 2. The highest BCUT2D eigenvalue weighted by molar-refractivity contribution is 6.08. The van der Waals surface area contributed by atoms with Gasteiger partial charge in [0.25, 0.3) is 5.91 Å². The fourth-order valence-electron chi connectivity index (χ4n) is 2.96. The second-order valence-corrected chi connectivity index (χ2v) is 6.27. The van der Waals surface area contributed by atoms with Crippen LogP contribution < -0.4 is 15.5 Å². The molecule has 146 valence electrons. The Morgan fingerprint density at radius 3 is 2.76 bits per heavy atom. The molecular weight excluding hydrogens is 375 g/mol. The Balaban J connectivity index is 1.55. The van der Waals surface area contributed by atoms with Crippen LogP contribution in [0.25, 0.3) is 0 Å². The molecule has 7 nitrogen and oxygen atoms in total. The van der Waals surface area contributed by atoms with Gasteiger partial charge in [-0.3, -0.25) is 9.69 Å². The van der Waals surface area contributed by atoms with Crippen molar-refractivity contribution in [3.63, 3.8) is 0 Å². The Morgan fingerprint density at radius 2 is 1.97 bits per heavy atom. The summed E-state index contributed by atoms with van der Waals surface area (Å²) in [6.45, 7) is 0.783. The molecule has 0 atom stereocenters. The Labute approximate surface area is 166 Å². The molecule has 2 aromatic carbocycles. The third-order valence-electron chi connectivity index (χ3n) is 4.36. The summed E-state index contributed by atoms with van der Waals surface area (Å²) >= 11 is 0. The van der Waals surface area contributed by atoms with Crippen LogP contribution >= 0.6 is 0 Å². The van der Waals surface area contributed by atoms with Gasteiger partial charge in [0, 0.05) is 17.6 Å². The topological polar surface area (TPSA) is 83.6 Å². The van der Waals surface area contributed by atoms with Crippen LogP contribution in [0.4, 0.5) is 32.1 Å². The van der Waals surface area contributed by atoms with Gasteiger partial charge < -0.3 is 15.4 Å². The van der Waals surface area contributed by atoms with Crippen molar-refractivity contribution in [2.45, 2.75) is 0 Å². The lowest BCUT2D eigenvalue weighted by atomic mass is 10.2. The number of cyclic esters (lactones) is 1. The van der Waals surface area contributed by atoms with Crippen molar-refractivity contribution < 1.29 is 18.7 Å². The Hall–Kier alpha value is -3.94. The normalized spacial score (nSPS) is 13.1. The number of carbonyl (C=O) groups is 2. The van der Waals surface area contributed by atoms with Crippen molar-refractivity contribution in [1.82, 2.24) is 4.98 Å². The van der Waals surface area contributed by atoms with Crippen LogP contribution in [0.2, 0.25) is 0 Å². The first-order valence-corrected chi connectivity index (χ1v) is 8.94. The lowest BCUT2D eigenvalue weighted by molar-refractivity contribution is 0.102. The summed E-state index contributed by atoms with van der Waals surface area (Å²) in [5.41, 5.74) is 1.60. The number of benzene rings is 2. The van der Waals surface area contributed by atoms with Crippen LogP contribution in [0, 0.1) is 5.82 Å². The molecule has 0 saturated carbocycles. The SMILES string of the molecule is O=C(Nc1cccc(N2CCOC2=O)c1)c1cccnc1Nc1ccccc1F. The number of anilines is 4. The molecule has 1 fully saturated rings. The van der Waals surface area contributed by atoms with Crippen molar-refractivity contribution in [3.05, 3.63) is 78.2 Å². The third-order valence-corrected chi connectivity index (χ3v) is 4.36. The predicted molar refractivity (Wildman–Crippen MR) is 107 cm³/mol. The van der Waals surface area contributed by atoms with Crippen LogP contribution in [-0.4, -0.2) is 30.1 Å².